The molecule has 0 radical (unpaired) electrons. The Kier molecular flexibility index (Phi) is 7.16. The first kappa shape index (κ1) is 19.0. The molecule has 0 aliphatic rings. The van der Waals surface area contributed by atoms with E-state index >= 15 is 0 Å². The Morgan fingerprint density at radius 2 is 1.79 bits per heavy atom. The summed E-state index contributed by atoms with van der Waals surface area (Å²) in [5.74, 6) is 10.4. The second-order valence-electron chi connectivity index (χ2n) is 7.75. The van der Waals surface area contributed by atoms with Gasteiger partial charge in [-0.15, -0.1) is 0 Å². The summed E-state index contributed by atoms with van der Waals surface area (Å²) in [4.78, 5) is 0. The molecule has 110 valence electrons. The van der Waals surface area contributed by atoms with Crippen LogP contribution in [0.2, 0.25) is 35.4 Å². The molecule has 1 atom stereocenters. The van der Waals surface area contributed by atoms with Crippen molar-refractivity contribution in [3.8, 4) is 10.7 Å². The number of allylic oxidation sites excluding steroid dienone is 1. The van der Waals surface area contributed by atoms with E-state index in [4.69, 9.17) is 4.43 Å². The van der Waals surface area contributed by atoms with E-state index in [1.54, 1.807) is 0 Å². The van der Waals surface area contributed by atoms with Crippen molar-refractivity contribution in [2.45, 2.75) is 75.1 Å². The van der Waals surface area contributed by atoms with Gasteiger partial charge in [-0.1, -0.05) is 0 Å². The van der Waals surface area contributed by atoms with Gasteiger partial charge in [0.05, 0.1) is 0 Å². The van der Waals surface area contributed by atoms with Crippen molar-refractivity contribution in [3.63, 3.8) is 0 Å². The predicted molar refractivity (Wildman–Crippen MR) is 92.6 cm³/mol. The fourth-order valence-corrected chi connectivity index (χ4v) is 3.75. The van der Waals surface area contributed by atoms with E-state index in [1.807, 2.05) is 6.08 Å². The third-order valence-electron chi connectivity index (χ3n) is 3.48. The van der Waals surface area contributed by atoms with Gasteiger partial charge in [-0.3, -0.25) is 0 Å². The van der Waals surface area contributed by atoms with Crippen LogP contribution in [0.3, 0.4) is 0 Å². The minimum atomic E-state index is -1.81. The SMILES string of the molecule is C=CCCC(C#[C][Ge]([CH3])([CH3])[CH3])O[Si](C)(C)C(C)(C)C. The standard InChI is InChI=1S/C16H32GeOSi/c1-10-11-12-15(13-14-17(5,6)7)18-19(8,9)16(2,3)4/h10,15H,1,11-12H2,2-9H3. The van der Waals surface area contributed by atoms with Crippen molar-refractivity contribution in [1.29, 1.82) is 0 Å². The van der Waals surface area contributed by atoms with Crippen LogP contribution in [0.25, 0.3) is 0 Å². The van der Waals surface area contributed by atoms with Crippen molar-refractivity contribution in [2.24, 2.45) is 0 Å². The van der Waals surface area contributed by atoms with Gasteiger partial charge in [-0.05, 0) is 0 Å². The van der Waals surface area contributed by atoms with Gasteiger partial charge in [0.1, 0.15) is 0 Å². The molecule has 0 spiro atoms. The number of rotatable bonds is 5. The minimum absolute atomic E-state index is 0.0868. The Balaban J connectivity index is 4.96. The first-order valence-electron chi connectivity index (χ1n) is 7.20. The second-order valence-corrected chi connectivity index (χ2v) is 22.5. The summed E-state index contributed by atoms with van der Waals surface area (Å²) < 4.78 is 9.95. The molecule has 0 rings (SSSR count). The Hall–Kier alpha value is 0.0197. The van der Waals surface area contributed by atoms with Crippen molar-refractivity contribution in [1.82, 2.24) is 0 Å². The molecule has 3 heteroatoms. The molecule has 0 saturated carbocycles. The first-order chi connectivity index (χ1) is 8.39. The summed E-state index contributed by atoms with van der Waals surface area (Å²) in [5.41, 5.74) is 0. The van der Waals surface area contributed by atoms with E-state index in [-0.39, 0.29) is 11.1 Å². The normalized spacial score (nSPS) is 14.5. The molecule has 1 nitrogen and oxygen atoms in total. The molecule has 0 aromatic carbocycles. The van der Waals surface area contributed by atoms with E-state index in [0.717, 1.165) is 12.8 Å². The zero-order chi connectivity index (χ0) is 15.3. The van der Waals surface area contributed by atoms with Crippen LogP contribution in [0.15, 0.2) is 12.7 Å². The molecule has 19 heavy (non-hydrogen) atoms. The van der Waals surface area contributed by atoms with Crippen LogP contribution in [0.4, 0.5) is 0 Å². The van der Waals surface area contributed by atoms with Crippen LogP contribution in [0.1, 0.15) is 33.6 Å². The van der Waals surface area contributed by atoms with Gasteiger partial charge in [0.2, 0.25) is 0 Å². The summed E-state index contributed by atoms with van der Waals surface area (Å²) in [6.45, 7) is 15.2. The van der Waals surface area contributed by atoms with E-state index in [0.29, 0.717) is 0 Å². The van der Waals surface area contributed by atoms with E-state index in [1.165, 1.54) is 0 Å². The maximum absolute atomic E-state index is 6.45. The fraction of sp³-hybridized carbons (Fsp3) is 0.750. The topological polar surface area (TPSA) is 9.23 Å². The van der Waals surface area contributed by atoms with Gasteiger partial charge in [0.25, 0.3) is 0 Å². The molecule has 0 heterocycles. The van der Waals surface area contributed by atoms with Crippen molar-refractivity contribution in [2.75, 3.05) is 0 Å². The molecule has 0 aliphatic carbocycles. The van der Waals surface area contributed by atoms with Gasteiger partial charge >= 0.3 is 124 Å². The van der Waals surface area contributed by atoms with Gasteiger partial charge in [0.15, 0.2) is 0 Å². The summed E-state index contributed by atoms with van der Waals surface area (Å²) >= 11 is -1.81. The van der Waals surface area contributed by atoms with Crippen LogP contribution in [0.5, 0.6) is 0 Å². The average molecular weight is 341 g/mol. The van der Waals surface area contributed by atoms with Crippen LogP contribution >= 0.6 is 0 Å². The van der Waals surface area contributed by atoms with Crippen LogP contribution < -0.4 is 0 Å². The summed E-state index contributed by atoms with van der Waals surface area (Å²) in [5, 5.41) is 0.240. The Morgan fingerprint density at radius 3 is 2.16 bits per heavy atom. The van der Waals surface area contributed by atoms with Crippen LogP contribution in [0, 0.1) is 10.7 Å². The molecule has 0 bridgehead atoms. The molecule has 0 aliphatic heterocycles. The molecule has 0 aromatic rings. The van der Waals surface area contributed by atoms with Crippen molar-refractivity contribution >= 4 is 21.6 Å². The van der Waals surface area contributed by atoms with Gasteiger partial charge in [-0.2, -0.15) is 0 Å². The molecule has 1 unspecified atom stereocenters. The molecule has 0 aromatic heterocycles. The third kappa shape index (κ3) is 8.02. The number of hydrogen-bond donors (Lipinski definition) is 0. The monoisotopic (exact) mass is 342 g/mol. The fourth-order valence-electron chi connectivity index (χ4n) is 1.26. The summed E-state index contributed by atoms with van der Waals surface area (Å²) in [6, 6.07) is 0. The average Bonchev–Trinajstić information content (AvgIpc) is 2.19. The third-order valence-corrected chi connectivity index (χ3v) is 9.85. The molecule has 0 amide bonds. The van der Waals surface area contributed by atoms with E-state index in [2.05, 4.69) is 68.4 Å². The van der Waals surface area contributed by atoms with Crippen LogP contribution in [-0.4, -0.2) is 27.7 Å². The van der Waals surface area contributed by atoms with Gasteiger partial charge < -0.3 is 0 Å². The zero-order valence-electron chi connectivity index (χ0n) is 14.2. The molecular weight excluding hydrogens is 309 g/mol. The Morgan fingerprint density at radius 1 is 1.26 bits per heavy atom. The summed E-state index contributed by atoms with van der Waals surface area (Å²) in [7, 11) is -1.73. The van der Waals surface area contributed by atoms with Gasteiger partial charge in [0, 0.05) is 0 Å². The number of hydrogen-bond acceptors (Lipinski definition) is 1. The Labute approximate surface area is 124 Å². The molecule has 0 saturated heterocycles. The van der Waals surface area contributed by atoms with Crippen LogP contribution in [-0.2, 0) is 4.43 Å². The first-order valence-corrected chi connectivity index (χ1v) is 17.5. The molecule has 0 N–H and O–H groups in total. The van der Waals surface area contributed by atoms with Gasteiger partial charge in [-0.25, -0.2) is 0 Å². The van der Waals surface area contributed by atoms with E-state index in [9.17, 15) is 0 Å². The maximum atomic E-state index is 6.45. The molecular formula is C16H32GeOSi. The molecule has 0 fully saturated rings. The zero-order valence-corrected chi connectivity index (χ0v) is 17.3. The summed E-state index contributed by atoms with van der Waals surface area (Å²) in [6.07, 6.45) is 4.00. The second kappa shape index (κ2) is 7.15. The predicted octanol–water partition coefficient (Wildman–Crippen LogP) is 5.22. The Bertz CT molecular complexity index is 350. The van der Waals surface area contributed by atoms with Crippen molar-refractivity contribution < 1.29 is 4.43 Å². The van der Waals surface area contributed by atoms with Crippen molar-refractivity contribution in [3.05, 3.63) is 12.7 Å². The van der Waals surface area contributed by atoms with E-state index < -0.39 is 21.6 Å². The quantitative estimate of drug-likeness (QED) is 0.378.